The third-order valence-electron chi connectivity index (χ3n) is 8.78. The number of fused-ring (bicyclic) bond motifs is 2. The Bertz CT molecular complexity index is 1710. The van der Waals surface area contributed by atoms with Gasteiger partial charge in [-0.15, -0.1) is 0 Å². The molecule has 0 spiro atoms. The van der Waals surface area contributed by atoms with Crippen molar-refractivity contribution in [2.24, 2.45) is 10.7 Å². The van der Waals surface area contributed by atoms with Gasteiger partial charge in [0.1, 0.15) is 11.3 Å². The van der Waals surface area contributed by atoms with Gasteiger partial charge < -0.3 is 25.9 Å². The van der Waals surface area contributed by atoms with Crippen LogP contribution in [0.25, 0.3) is 33.4 Å². The maximum atomic E-state index is 13.1. The number of aryl methyl sites for hydroxylation is 2. The van der Waals surface area contributed by atoms with E-state index in [9.17, 15) is 14.7 Å². The quantitative estimate of drug-likeness (QED) is 0.0638. The molecule has 252 valence electrons. The molecule has 0 fully saturated rings. The molecule has 0 aromatic heterocycles. The Morgan fingerprint density at radius 1 is 0.830 bits per heavy atom. The van der Waals surface area contributed by atoms with Crippen molar-refractivity contribution in [3.8, 4) is 22.5 Å². The molecule has 1 aliphatic heterocycles. The number of hydrogen-bond acceptors (Lipinski definition) is 6. The largest absolute Gasteiger partial charge is 0.478 e. The highest BCUT2D eigenvalue weighted by atomic mass is 16.4. The van der Waals surface area contributed by atoms with Gasteiger partial charge in [-0.1, -0.05) is 57.4 Å². The summed E-state index contributed by atoms with van der Waals surface area (Å²) >= 11 is 0. The van der Waals surface area contributed by atoms with Crippen molar-refractivity contribution >= 4 is 28.5 Å². The van der Waals surface area contributed by atoms with E-state index < -0.39 is 5.97 Å². The van der Waals surface area contributed by atoms with E-state index in [-0.39, 0.29) is 11.5 Å². The predicted octanol–water partition coefficient (Wildman–Crippen LogP) is 8.46. The lowest BCUT2D eigenvalue weighted by Gasteiger charge is -2.19. The lowest BCUT2D eigenvalue weighted by Crippen LogP contribution is -2.24. The standard InChI is InChI=1S/C39H52N4O4/c1-5-41-33-24-35-31(21-26(33)3)37(32-22-27(4)34(42-6-2)25-36(32)47-35)29-18-17-28(23-30(29)39(45)46)38(44)43-20-16-14-12-10-8-7-9-11-13-15-19-40/h17-18,21-25,41H,5-16,19-20,40H2,1-4H3,(H,43,44)(H,45,46). The molecule has 1 amide bonds. The topological polar surface area (TPSA) is 130 Å². The van der Waals surface area contributed by atoms with E-state index in [1.54, 1.807) is 12.1 Å². The van der Waals surface area contributed by atoms with Gasteiger partial charge in [0.05, 0.1) is 10.9 Å². The number of anilines is 1. The second-order valence-electron chi connectivity index (χ2n) is 12.4. The molecule has 2 aromatic rings. The maximum absolute atomic E-state index is 13.1. The number of aromatic carboxylic acids is 1. The number of carbonyl (C=O) groups is 2. The van der Waals surface area contributed by atoms with Gasteiger partial charge >= 0.3 is 5.97 Å². The van der Waals surface area contributed by atoms with Crippen molar-refractivity contribution in [3.05, 3.63) is 70.1 Å². The highest BCUT2D eigenvalue weighted by molar-refractivity contribution is 6.09. The summed E-state index contributed by atoms with van der Waals surface area (Å²) in [4.78, 5) is 30.5. The van der Waals surface area contributed by atoms with Crippen LogP contribution in [0.4, 0.5) is 5.69 Å². The zero-order chi connectivity index (χ0) is 33.8. The van der Waals surface area contributed by atoms with Crippen LogP contribution in [0.3, 0.4) is 0 Å². The minimum atomic E-state index is -1.09. The number of hydrogen-bond donors (Lipinski definition) is 4. The molecule has 0 radical (unpaired) electrons. The molecule has 0 unspecified atom stereocenters. The lowest BCUT2D eigenvalue weighted by molar-refractivity contribution is 0.0697. The summed E-state index contributed by atoms with van der Waals surface area (Å²) in [5.41, 5.74) is 11.7. The van der Waals surface area contributed by atoms with E-state index in [1.807, 2.05) is 52.0 Å². The van der Waals surface area contributed by atoms with Gasteiger partial charge in [-0.25, -0.2) is 4.79 Å². The summed E-state index contributed by atoms with van der Waals surface area (Å²) in [6.45, 7) is 10.8. The van der Waals surface area contributed by atoms with Crippen LogP contribution >= 0.6 is 0 Å². The average Bonchev–Trinajstić information content (AvgIpc) is 3.05. The number of nitrogens with one attached hydrogen (secondary N) is 2. The predicted molar refractivity (Wildman–Crippen MR) is 193 cm³/mol. The molecule has 1 aliphatic carbocycles. The van der Waals surface area contributed by atoms with E-state index in [1.165, 1.54) is 44.6 Å². The van der Waals surface area contributed by atoms with Gasteiger partial charge in [0.2, 0.25) is 0 Å². The highest BCUT2D eigenvalue weighted by Crippen LogP contribution is 2.43. The fraction of sp³-hybridized carbons (Fsp3) is 0.462. The fourth-order valence-electron chi connectivity index (χ4n) is 6.27. The van der Waals surface area contributed by atoms with Crippen molar-refractivity contribution in [2.45, 2.75) is 91.9 Å². The molecule has 8 nitrogen and oxygen atoms in total. The van der Waals surface area contributed by atoms with Crippen LogP contribution in [0.5, 0.6) is 0 Å². The molecular weight excluding hydrogens is 588 g/mol. The zero-order valence-electron chi connectivity index (χ0n) is 28.6. The van der Waals surface area contributed by atoms with E-state index in [2.05, 4.69) is 15.6 Å². The maximum Gasteiger partial charge on any atom is 0.336 e. The summed E-state index contributed by atoms with van der Waals surface area (Å²) in [6.07, 6.45) is 11.8. The number of carbonyl (C=O) groups excluding carboxylic acids is 1. The minimum Gasteiger partial charge on any atom is -0.478 e. The second kappa shape index (κ2) is 17.7. The number of carboxylic acid groups (broad SMARTS) is 1. The van der Waals surface area contributed by atoms with Crippen LogP contribution in [0.1, 0.15) is 110 Å². The van der Waals surface area contributed by atoms with Gasteiger partial charge in [0.15, 0.2) is 0 Å². The molecule has 0 bridgehead atoms. The summed E-state index contributed by atoms with van der Waals surface area (Å²) < 4.78 is 6.45. The SMILES string of the molecule is CCN=c1cc2oc3cc(NCC)c(C)cc3c(-c3ccc(C(=O)NCCCCCCCCCCCCN)cc3C(=O)O)c-2cc1C. The molecule has 0 saturated heterocycles. The Labute approximate surface area is 279 Å². The number of nitrogens with two attached hydrogens (primary N) is 1. The number of unbranched alkanes of at least 4 members (excludes halogenated alkanes) is 9. The highest BCUT2D eigenvalue weighted by Gasteiger charge is 2.24. The summed E-state index contributed by atoms with van der Waals surface area (Å²) in [5.74, 6) is -0.731. The number of carboxylic acids is 1. The first-order valence-electron chi connectivity index (χ1n) is 17.4. The molecule has 1 heterocycles. The van der Waals surface area contributed by atoms with E-state index >= 15 is 0 Å². The monoisotopic (exact) mass is 640 g/mol. The van der Waals surface area contributed by atoms with Crippen molar-refractivity contribution in [3.63, 3.8) is 0 Å². The summed E-state index contributed by atoms with van der Waals surface area (Å²) in [7, 11) is 0. The Hall–Kier alpha value is -4.17. The van der Waals surface area contributed by atoms with Gasteiger partial charge in [-0.2, -0.15) is 0 Å². The lowest BCUT2D eigenvalue weighted by atomic mass is 9.88. The molecule has 0 atom stereocenters. The Kier molecular flexibility index (Phi) is 13.4. The third-order valence-corrected chi connectivity index (χ3v) is 8.78. The minimum absolute atomic E-state index is 0.0721. The molecule has 8 heteroatoms. The van der Waals surface area contributed by atoms with Crippen molar-refractivity contribution < 1.29 is 19.1 Å². The average molecular weight is 641 g/mol. The zero-order valence-corrected chi connectivity index (χ0v) is 28.6. The Morgan fingerprint density at radius 3 is 2.15 bits per heavy atom. The molecule has 2 aliphatic rings. The van der Waals surface area contributed by atoms with E-state index in [0.29, 0.717) is 35.6 Å². The molecule has 47 heavy (non-hydrogen) atoms. The normalized spacial score (nSPS) is 11.8. The number of benzene rings is 3. The Morgan fingerprint density at radius 2 is 1.51 bits per heavy atom. The smallest absolute Gasteiger partial charge is 0.336 e. The number of rotatable bonds is 18. The Balaban J connectivity index is 1.57. The number of nitrogens with zero attached hydrogens (tertiary/aromatic N) is 1. The van der Waals surface area contributed by atoms with Crippen molar-refractivity contribution in [1.29, 1.82) is 0 Å². The van der Waals surface area contributed by atoms with Gasteiger partial charge in [0.25, 0.3) is 5.91 Å². The van der Waals surface area contributed by atoms with Crippen LogP contribution in [-0.4, -0.2) is 43.2 Å². The van der Waals surface area contributed by atoms with E-state index in [0.717, 1.165) is 77.5 Å². The summed E-state index contributed by atoms with van der Waals surface area (Å²) in [5, 5.41) is 18.4. The van der Waals surface area contributed by atoms with Crippen LogP contribution < -0.4 is 21.7 Å². The number of amides is 1. The van der Waals surface area contributed by atoms with Gasteiger partial charge in [0, 0.05) is 59.5 Å². The van der Waals surface area contributed by atoms with Gasteiger partial charge in [-0.3, -0.25) is 9.79 Å². The molecular formula is C39H52N4O4. The van der Waals surface area contributed by atoms with Crippen molar-refractivity contribution in [1.82, 2.24) is 5.32 Å². The third kappa shape index (κ3) is 9.22. The van der Waals surface area contributed by atoms with Crippen LogP contribution in [0, 0.1) is 13.8 Å². The van der Waals surface area contributed by atoms with Crippen LogP contribution in [0.2, 0.25) is 0 Å². The van der Waals surface area contributed by atoms with Crippen LogP contribution in [0.15, 0.2) is 51.9 Å². The van der Waals surface area contributed by atoms with Gasteiger partial charge in [-0.05, 0) is 88.0 Å². The first-order valence-corrected chi connectivity index (χ1v) is 17.4. The van der Waals surface area contributed by atoms with Crippen LogP contribution in [-0.2, 0) is 0 Å². The molecule has 5 N–H and O–H groups in total. The second-order valence-corrected chi connectivity index (χ2v) is 12.4. The first-order chi connectivity index (χ1) is 22.8. The summed E-state index contributed by atoms with van der Waals surface area (Å²) in [6, 6.07) is 12.9. The first kappa shape index (κ1) is 35.7. The van der Waals surface area contributed by atoms with E-state index in [4.69, 9.17) is 10.2 Å². The fourth-order valence-corrected chi connectivity index (χ4v) is 6.27. The molecule has 0 saturated carbocycles. The molecule has 4 rings (SSSR count). The van der Waals surface area contributed by atoms with Crippen molar-refractivity contribution in [2.75, 3.05) is 31.5 Å². The molecule has 2 aromatic carbocycles.